The molecule has 0 atom stereocenters. The lowest BCUT2D eigenvalue weighted by atomic mass is 10.1. The zero-order valence-electron chi connectivity index (χ0n) is 13.4. The summed E-state index contributed by atoms with van der Waals surface area (Å²) in [5, 5.41) is 6.51. The van der Waals surface area contributed by atoms with Crippen LogP contribution in [0.5, 0.6) is 0 Å². The van der Waals surface area contributed by atoms with Crippen LogP contribution in [0.1, 0.15) is 21.5 Å². The maximum Gasteiger partial charge on any atom is 0.251 e. The number of hydrogen-bond donors (Lipinski definition) is 1. The van der Waals surface area contributed by atoms with Crippen LogP contribution in [0.2, 0.25) is 0 Å². The highest BCUT2D eigenvalue weighted by Gasteiger charge is 2.05. The van der Waals surface area contributed by atoms with Crippen molar-refractivity contribution in [1.29, 1.82) is 0 Å². The minimum absolute atomic E-state index is 0.128. The molecule has 0 unspecified atom stereocenters. The largest absolute Gasteiger partial charge is 0.399 e. The molecule has 0 aromatic heterocycles. The number of thioether (sulfide) groups is 1. The molecule has 0 spiro atoms. The first-order valence-electron chi connectivity index (χ1n) is 7.46. The molecule has 4 nitrogen and oxygen atoms in total. The van der Waals surface area contributed by atoms with Crippen LogP contribution in [0, 0.1) is 5.82 Å². The van der Waals surface area contributed by atoms with Crippen molar-refractivity contribution >= 4 is 23.9 Å². The molecule has 0 saturated carbocycles. The summed E-state index contributed by atoms with van der Waals surface area (Å²) in [5.74, 6) is 0.997. The summed E-state index contributed by atoms with van der Waals surface area (Å²) in [5.41, 5.74) is 2.12. The van der Waals surface area contributed by atoms with Crippen molar-refractivity contribution in [3.8, 4) is 0 Å². The molecule has 0 aliphatic rings. The fourth-order valence-electron chi connectivity index (χ4n) is 1.97. The third-order valence-corrected chi connectivity index (χ3v) is 4.24. The molecule has 0 saturated heterocycles. The summed E-state index contributed by atoms with van der Waals surface area (Å²) < 4.78 is 13.5. The van der Waals surface area contributed by atoms with E-state index >= 15 is 0 Å². The number of nitrogens with one attached hydrogen (secondary N) is 1. The van der Waals surface area contributed by atoms with Crippen LogP contribution in [0.15, 0.2) is 53.7 Å². The van der Waals surface area contributed by atoms with E-state index in [1.54, 1.807) is 54.4 Å². The van der Waals surface area contributed by atoms with Gasteiger partial charge in [-0.15, -0.1) is 0 Å². The molecule has 6 heteroatoms. The predicted octanol–water partition coefficient (Wildman–Crippen LogP) is 3.47. The Bertz CT molecular complexity index is 690. The quantitative estimate of drug-likeness (QED) is 0.452. The minimum Gasteiger partial charge on any atom is -0.399 e. The Balaban J connectivity index is 1.71. The van der Waals surface area contributed by atoms with Gasteiger partial charge in [0.2, 0.25) is 0 Å². The molecule has 0 aliphatic heterocycles. The van der Waals surface area contributed by atoms with E-state index in [-0.39, 0.29) is 11.7 Å². The number of nitrogens with zero attached hydrogens (tertiary/aromatic N) is 1. The summed E-state index contributed by atoms with van der Waals surface area (Å²) in [6.45, 7) is 0.533. The van der Waals surface area contributed by atoms with Gasteiger partial charge in [-0.3, -0.25) is 4.79 Å². The fraction of sp³-hybridized carbons (Fsp3) is 0.222. The second kappa shape index (κ2) is 9.72. The average molecular weight is 346 g/mol. The molecule has 0 radical (unpaired) electrons. The first kappa shape index (κ1) is 18.0. The summed E-state index contributed by atoms with van der Waals surface area (Å²) in [7, 11) is 1.47. The van der Waals surface area contributed by atoms with Gasteiger partial charge in [-0.2, -0.15) is 11.8 Å². The smallest absolute Gasteiger partial charge is 0.251 e. The van der Waals surface area contributed by atoms with Gasteiger partial charge in [-0.05, 0) is 29.3 Å². The van der Waals surface area contributed by atoms with E-state index in [2.05, 4.69) is 15.3 Å². The molecule has 0 fully saturated rings. The second-order valence-corrected chi connectivity index (χ2v) is 6.04. The van der Waals surface area contributed by atoms with Crippen molar-refractivity contribution < 1.29 is 14.0 Å². The molecule has 0 aliphatic carbocycles. The predicted molar refractivity (Wildman–Crippen MR) is 95.9 cm³/mol. The van der Waals surface area contributed by atoms with Crippen LogP contribution in [0.3, 0.4) is 0 Å². The summed E-state index contributed by atoms with van der Waals surface area (Å²) in [6.07, 6.45) is 1.57. The SMILES string of the molecule is CO/N=C/c1ccc(C(=O)NCCSCc2ccccc2F)cc1. The molecule has 2 rings (SSSR count). The zero-order chi connectivity index (χ0) is 17.2. The van der Waals surface area contributed by atoms with Gasteiger partial charge in [-0.1, -0.05) is 35.5 Å². The lowest BCUT2D eigenvalue weighted by molar-refractivity contribution is 0.0956. The van der Waals surface area contributed by atoms with E-state index in [1.165, 1.54) is 13.2 Å². The molecule has 126 valence electrons. The van der Waals surface area contributed by atoms with Crippen molar-refractivity contribution in [2.24, 2.45) is 5.16 Å². The van der Waals surface area contributed by atoms with E-state index < -0.39 is 0 Å². The van der Waals surface area contributed by atoms with Gasteiger partial charge in [0.15, 0.2) is 0 Å². The zero-order valence-corrected chi connectivity index (χ0v) is 14.2. The number of amides is 1. The normalized spacial score (nSPS) is 10.8. The maximum absolute atomic E-state index is 13.5. The van der Waals surface area contributed by atoms with Gasteiger partial charge in [0, 0.05) is 23.6 Å². The van der Waals surface area contributed by atoms with E-state index in [0.717, 1.165) is 11.3 Å². The van der Waals surface area contributed by atoms with Gasteiger partial charge < -0.3 is 10.2 Å². The monoisotopic (exact) mass is 346 g/mol. The molecule has 0 bridgehead atoms. The highest BCUT2D eigenvalue weighted by molar-refractivity contribution is 7.98. The summed E-state index contributed by atoms with van der Waals surface area (Å²) in [6, 6.07) is 13.8. The van der Waals surface area contributed by atoms with Crippen molar-refractivity contribution in [1.82, 2.24) is 5.32 Å². The van der Waals surface area contributed by atoms with Crippen molar-refractivity contribution in [2.45, 2.75) is 5.75 Å². The first-order chi connectivity index (χ1) is 11.7. The number of halogens is 1. The van der Waals surface area contributed by atoms with Crippen LogP contribution in [-0.2, 0) is 10.6 Å². The van der Waals surface area contributed by atoms with Crippen LogP contribution >= 0.6 is 11.8 Å². The average Bonchev–Trinajstić information content (AvgIpc) is 2.61. The highest BCUT2D eigenvalue weighted by Crippen LogP contribution is 2.14. The molecule has 1 N–H and O–H groups in total. The molecular formula is C18H19FN2O2S. The Morgan fingerprint density at radius 1 is 1.25 bits per heavy atom. The van der Waals surface area contributed by atoms with Gasteiger partial charge >= 0.3 is 0 Å². The Kier molecular flexibility index (Phi) is 7.29. The third kappa shape index (κ3) is 5.70. The molecule has 0 heterocycles. The standard InChI is InChI=1S/C18H19FN2O2S/c1-23-21-12-14-6-8-15(9-7-14)18(22)20-10-11-24-13-16-4-2-3-5-17(16)19/h2-9,12H,10-11,13H2,1H3,(H,20,22)/b21-12+. The van der Waals surface area contributed by atoms with Gasteiger partial charge in [0.1, 0.15) is 12.9 Å². The van der Waals surface area contributed by atoms with Crippen LogP contribution in [0.25, 0.3) is 0 Å². The Labute approximate surface area is 145 Å². The fourth-order valence-corrected chi connectivity index (χ4v) is 2.82. The number of carbonyl (C=O) groups is 1. The van der Waals surface area contributed by atoms with Crippen molar-refractivity contribution in [3.05, 3.63) is 71.0 Å². The van der Waals surface area contributed by atoms with E-state index in [0.29, 0.717) is 23.4 Å². The lowest BCUT2D eigenvalue weighted by Crippen LogP contribution is -2.25. The van der Waals surface area contributed by atoms with Crippen molar-refractivity contribution in [3.63, 3.8) is 0 Å². The van der Waals surface area contributed by atoms with Crippen LogP contribution in [0.4, 0.5) is 4.39 Å². The van der Waals surface area contributed by atoms with Crippen LogP contribution < -0.4 is 5.32 Å². The van der Waals surface area contributed by atoms with Crippen LogP contribution in [-0.4, -0.2) is 31.5 Å². The number of carbonyl (C=O) groups excluding carboxylic acids is 1. The molecular weight excluding hydrogens is 327 g/mol. The minimum atomic E-state index is -0.189. The number of benzene rings is 2. The molecule has 2 aromatic carbocycles. The Hall–Kier alpha value is -2.34. The Morgan fingerprint density at radius 2 is 2.00 bits per heavy atom. The first-order valence-corrected chi connectivity index (χ1v) is 8.62. The number of rotatable bonds is 8. The second-order valence-electron chi connectivity index (χ2n) is 4.94. The van der Waals surface area contributed by atoms with E-state index in [9.17, 15) is 9.18 Å². The van der Waals surface area contributed by atoms with E-state index in [1.807, 2.05) is 6.07 Å². The summed E-state index contributed by atoms with van der Waals surface area (Å²) >= 11 is 1.58. The van der Waals surface area contributed by atoms with E-state index in [4.69, 9.17) is 0 Å². The summed E-state index contributed by atoms with van der Waals surface area (Å²) in [4.78, 5) is 16.6. The van der Waals surface area contributed by atoms with Crippen molar-refractivity contribution in [2.75, 3.05) is 19.4 Å². The lowest BCUT2D eigenvalue weighted by Gasteiger charge is -2.06. The third-order valence-electron chi connectivity index (χ3n) is 3.23. The highest BCUT2D eigenvalue weighted by atomic mass is 32.2. The van der Waals surface area contributed by atoms with Gasteiger partial charge in [0.05, 0.1) is 6.21 Å². The topological polar surface area (TPSA) is 50.7 Å². The molecule has 2 aromatic rings. The van der Waals surface area contributed by atoms with Gasteiger partial charge in [-0.25, -0.2) is 4.39 Å². The Morgan fingerprint density at radius 3 is 2.71 bits per heavy atom. The van der Waals surface area contributed by atoms with Gasteiger partial charge in [0.25, 0.3) is 5.91 Å². The molecule has 1 amide bonds. The number of hydrogen-bond acceptors (Lipinski definition) is 4. The maximum atomic E-state index is 13.5. The molecule has 24 heavy (non-hydrogen) atoms. The number of oxime groups is 1.